The first-order valence-electron chi connectivity index (χ1n) is 6.17. The minimum atomic E-state index is -4.36. The van der Waals surface area contributed by atoms with Crippen molar-refractivity contribution in [2.24, 2.45) is 0 Å². The van der Waals surface area contributed by atoms with Crippen molar-refractivity contribution in [2.45, 2.75) is 44.3 Å². The van der Waals surface area contributed by atoms with Crippen LogP contribution in [-0.2, 0) is 12.6 Å². The number of pyridine rings is 1. The molecule has 0 aromatic carbocycles. The van der Waals surface area contributed by atoms with E-state index in [2.05, 4.69) is 17.2 Å². The molecule has 100 valence electrons. The van der Waals surface area contributed by atoms with Crippen molar-refractivity contribution in [2.75, 3.05) is 6.54 Å². The molecule has 0 bridgehead atoms. The minimum absolute atomic E-state index is 0.182. The number of halogens is 3. The molecule has 0 aliphatic heterocycles. The number of aromatic nitrogens is 1. The van der Waals surface area contributed by atoms with E-state index >= 15 is 0 Å². The van der Waals surface area contributed by atoms with Crippen molar-refractivity contribution < 1.29 is 13.2 Å². The Morgan fingerprint density at radius 3 is 2.61 bits per heavy atom. The smallest absolute Gasteiger partial charge is 0.311 e. The van der Waals surface area contributed by atoms with Gasteiger partial charge in [-0.1, -0.05) is 6.07 Å². The molecular weight excluding hydrogens is 241 g/mol. The topological polar surface area (TPSA) is 24.9 Å². The highest BCUT2D eigenvalue weighted by molar-refractivity contribution is 5.14. The van der Waals surface area contributed by atoms with Gasteiger partial charge >= 0.3 is 6.18 Å². The fourth-order valence-electron chi connectivity index (χ4n) is 2.15. The summed E-state index contributed by atoms with van der Waals surface area (Å²) in [5.74, 6) is 0. The second-order valence-electron chi connectivity index (χ2n) is 5.10. The third-order valence-corrected chi connectivity index (χ3v) is 3.49. The highest BCUT2D eigenvalue weighted by Crippen LogP contribution is 2.31. The second kappa shape index (κ2) is 4.88. The Kier molecular flexibility index (Phi) is 3.61. The van der Waals surface area contributed by atoms with Crippen LogP contribution in [0, 0.1) is 0 Å². The number of hydrogen-bond acceptors (Lipinski definition) is 2. The van der Waals surface area contributed by atoms with Crippen LogP contribution in [0.15, 0.2) is 18.2 Å². The Balaban J connectivity index is 1.89. The molecule has 0 amide bonds. The summed E-state index contributed by atoms with van der Waals surface area (Å²) < 4.78 is 37.4. The van der Waals surface area contributed by atoms with E-state index in [4.69, 9.17) is 0 Å². The minimum Gasteiger partial charge on any atom is -0.311 e. The van der Waals surface area contributed by atoms with E-state index in [1.807, 2.05) is 0 Å². The Morgan fingerprint density at radius 2 is 2.06 bits per heavy atom. The van der Waals surface area contributed by atoms with E-state index in [1.165, 1.54) is 12.5 Å². The summed E-state index contributed by atoms with van der Waals surface area (Å²) in [5, 5.41) is 3.38. The average molecular weight is 258 g/mol. The van der Waals surface area contributed by atoms with Crippen LogP contribution >= 0.6 is 0 Å². The number of alkyl halides is 3. The lowest BCUT2D eigenvalue weighted by Gasteiger charge is -2.39. The van der Waals surface area contributed by atoms with Gasteiger partial charge < -0.3 is 5.32 Å². The molecule has 1 aliphatic rings. The van der Waals surface area contributed by atoms with E-state index < -0.39 is 11.9 Å². The van der Waals surface area contributed by atoms with Gasteiger partial charge in [0, 0.05) is 24.2 Å². The molecule has 5 heteroatoms. The molecule has 0 spiro atoms. The molecule has 1 saturated carbocycles. The lowest BCUT2D eigenvalue weighted by molar-refractivity contribution is -0.141. The summed E-state index contributed by atoms with van der Waals surface area (Å²) >= 11 is 0. The van der Waals surface area contributed by atoms with E-state index in [1.54, 1.807) is 6.07 Å². The van der Waals surface area contributed by atoms with Crippen molar-refractivity contribution >= 4 is 0 Å². The standard InChI is InChI=1S/C13H17F3N2/c1-12(7-3-8-12)17-9-6-10-4-2-5-11(18-10)13(14,15)16/h2,4-5,17H,3,6-9H2,1H3. The zero-order valence-electron chi connectivity index (χ0n) is 10.3. The monoisotopic (exact) mass is 258 g/mol. The van der Waals surface area contributed by atoms with Gasteiger partial charge in [0.2, 0.25) is 0 Å². The molecule has 0 radical (unpaired) electrons. The fourth-order valence-corrected chi connectivity index (χ4v) is 2.15. The molecule has 2 rings (SSSR count). The first-order valence-corrected chi connectivity index (χ1v) is 6.17. The van der Waals surface area contributed by atoms with Crippen molar-refractivity contribution in [1.29, 1.82) is 0 Å². The third kappa shape index (κ3) is 3.22. The summed E-state index contributed by atoms with van der Waals surface area (Å²) in [5.41, 5.74) is -0.142. The third-order valence-electron chi connectivity index (χ3n) is 3.49. The zero-order valence-corrected chi connectivity index (χ0v) is 10.3. The predicted molar refractivity (Wildman–Crippen MR) is 63.2 cm³/mol. The second-order valence-corrected chi connectivity index (χ2v) is 5.10. The quantitative estimate of drug-likeness (QED) is 0.897. The van der Waals surface area contributed by atoms with Gasteiger partial charge in [0.15, 0.2) is 0 Å². The summed E-state index contributed by atoms with van der Waals surface area (Å²) in [7, 11) is 0. The molecule has 1 N–H and O–H groups in total. The van der Waals surface area contributed by atoms with Gasteiger partial charge in [0.1, 0.15) is 5.69 Å². The molecule has 1 aromatic heterocycles. The van der Waals surface area contributed by atoms with Gasteiger partial charge in [-0.05, 0) is 38.3 Å². The maximum absolute atomic E-state index is 12.5. The van der Waals surface area contributed by atoms with Gasteiger partial charge in [-0.2, -0.15) is 13.2 Å². The van der Waals surface area contributed by atoms with Crippen LogP contribution < -0.4 is 5.32 Å². The van der Waals surface area contributed by atoms with Crippen LogP contribution in [0.25, 0.3) is 0 Å². The Morgan fingerprint density at radius 1 is 1.33 bits per heavy atom. The van der Waals surface area contributed by atoms with Crippen molar-refractivity contribution in [3.05, 3.63) is 29.6 Å². The van der Waals surface area contributed by atoms with Crippen LogP contribution in [0.5, 0.6) is 0 Å². The highest BCUT2D eigenvalue weighted by atomic mass is 19.4. The van der Waals surface area contributed by atoms with Crippen molar-refractivity contribution in [3.63, 3.8) is 0 Å². The zero-order chi connectivity index (χ0) is 13.2. The molecular formula is C13H17F3N2. The highest BCUT2D eigenvalue weighted by Gasteiger charge is 2.33. The summed E-state index contributed by atoms with van der Waals surface area (Å²) in [4.78, 5) is 3.64. The van der Waals surface area contributed by atoms with E-state index in [0.29, 0.717) is 18.7 Å². The first-order chi connectivity index (χ1) is 8.39. The lowest BCUT2D eigenvalue weighted by atomic mass is 9.78. The predicted octanol–water partition coefficient (Wildman–Crippen LogP) is 3.18. The van der Waals surface area contributed by atoms with Crippen molar-refractivity contribution in [1.82, 2.24) is 10.3 Å². The molecule has 1 fully saturated rings. The van der Waals surface area contributed by atoms with Crippen LogP contribution in [0.1, 0.15) is 37.6 Å². The van der Waals surface area contributed by atoms with Crippen molar-refractivity contribution in [3.8, 4) is 0 Å². The van der Waals surface area contributed by atoms with Gasteiger partial charge in [-0.25, -0.2) is 4.98 Å². The molecule has 1 heterocycles. The number of nitrogens with one attached hydrogen (secondary N) is 1. The van der Waals surface area contributed by atoms with Crippen LogP contribution in [0.4, 0.5) is 13.2 Å². The maximum Gasteiger partial charge on any atom is 0.433 e. The Labute approximate surface area is 105 Å². The van der Waals surface area contributed by atoms with Crippen LogP contribution in [0.2, 0.25) is 0 Å². The van der Waals surface area contributed by atoms with E-state index in [-0.39, 0.29) is 5.54 Å². The Hall–Kier alpha value is -1.10. The molecule has 1 aliphatic carbocycles. The van der Waals surface area contributed by atoms with Crippen LogP contribution in [0.3, 0.4) is 0 Å². The fraction of sp³-hybridized carbons (Fsp3) is 0.615. The van der Waals surface area contributed by atoms with Crippen LogP contribution in [-0.4, -0.2) is 17.1 Å². The van der Waals surface area contributed by atoms with E-state index in [9.17, 15) is 13.2 Å². The van der Waals surface area contributed by atoms with Gasteiger partial charge in [0.05, 0.1) is 0 Å². The lowest BCUT2D eigenvalue weighted by Crippen LogP contribution is -2.48. The number of nitrogens with zero attached hydrogens (tertiary/aromatic N) is 1. The van der Waals surface area contributed by atoms with Gasteiger partial charge in [0.25, 0.3) is 0 Å². The Bertz CT molecular complexity index is 411. The maximum atomic E-state index is 12.5. The molecule has 0 unspecified atom stereocenters. The number of hydrogen-bond donors (Lipinski definition) is 1. The molecule has 0 atom stereocenters. The summed E-state index contributed by atoms with van der Waals surface area (Å²) in [6.07, 6.45) is -0.319. The largest absolute Gasteiger partial charge is 0.433 e. The first kappa shape index (κ1) is 13.3. The SMILES string of the molecule is CC1(NCCc2cccc(C(F)(F)F)n2)CCC1. The normalized spacial score (nSPS) is 18.4. The summed E-state index contributed by atoms with van der Waals surface area (Å²) in [6.45, 7) is 2.82. The van der Waals surface area contributed by atoms with E-state index in [0.717, 1.165) is 18.9 Å². The van der Waals surface area contributed by atoms with Gasteiger partial charge in [-0.3, -0.25) is 0 Å². The molecule has 2 nitrogen and oxygen atoms in total. The molecule has 1 aromatic rings. The summed E-state index contributed by atoms with van der Waals surface area (Å²) in [6, 6.07) is 4.06. The molecule has 0 saturated heterocycles. The number of rotatable bonds is 4. The van der Waals surface area contributed by atoms with Gasteiger partial charge in [-0.15, -0.1) is 0 Å². The molecule has 18 heavy (non-hydrogen) atoms. The average Bonchev–Trinajstić information content (AvgIpc) is 2.26.